The predicted molar refractivity (Wildman–Crippen MR) is 136 cm³/mol. The monoisotopic (exact) mass is 447 g/mol. The zero-order valence-corrected chi connectivity index (χ0v) is 19.9. The molecular formula is C29H37NO3. The van der Waals surface area contributed by atoms with Crippen LogP contribution in [0.4, 0.5) is 0 Å². The van der Waals surface area contributed by atoms with Crippen molar-refractivity contribution in [2.45, 2.75) is 64.7 Å². The second-order valence-electron chi connectivity index (χ2n) is 8.37. The summed E-state index contributed by atoms with van der Waals surface area (Å²) in [6.07, 6.45) is 12.7. The molecule has 0 spiro atoms. The Morgan fingerprint density at radius 2 is 1.33 bits per heavy atom. The summed E-state index contributed by atoms with van der Waals surface area (Å²) in [5, 5.41) is 4.25. The number of hydrogen-bond acceptors (Lipinski definition) is 4. The summed E-state index contributed by atoms with van der Waals surface area (Å²) < 4.78 is 17.3. The van der Waals surface area contributed by atoms with Crippen LogP contribution in [0.3, 0.4) is 0 Å². The first-order valence-corrected chi connectivity index (χ1v) is 12.3. The largest absolute Gasteiger partial charge is 0.494 e. The Balaban J connectivity index is 1.46. The second kappa shape index (κ2) is 14.2. The average Bonchev–Trinajstić information content (AvgIpc) is 3.34. The van der Waals surface area contributed by atoms with Gasteiger partial charge in [0, 0.05) is 17.2 Å². The van der Waals surface area contributed by atoms with Crippen LogP contribution >= 0.6 is 0 Å². The normalized spacial score (nSPS) is 10.8. The third kappa shape index (κ3) is 8.45. The summed E-state index contributed by atoms with van der Waals surface area (Å²) in [6, 6.07) is 18.0. The molecule has 0 aliphatic heterocycles. The maximum absolute atomic E-state index is 5.87. The molecule has 1 aromatic heterocycles. The lowest BCUT2D eigenvalue weighted by Gasteiger charge is -2.06. The summed E-state index contributed by atoms with van der Waals surface area (Å²) >= 11 is 0. The number of unbranched alkanes of at least 4 members (excludes halogenated alkanes) is 7. The van der Waals surface area contributed by atoms with Crippen LogP contribution < -0.4 is 9.47 Å². The number of aromatic nitrogens is 1. The highest BCUT2D eigenvalue weighted by Gasteiger charge is 2.09. The van der Waals surface area contributed by atoms with Crippen molar-refractivity contribution in [3.8, 4) is 34.1 Å². The third-order valence-electron chi connectivity index (χ3n) is 5.64. The molecule has 0 saturated carbocycles. The van der Waals surface area contributed by atoms with Crippen molar-refractivity contribution >= 4 is 0 Å². The first-order chi connectivity index (χ1) is 16.3. The van der Waals surface area contributed by atoms with Gasteiger partial charge in [-0.3, -0.25) is 0 Å². The maximum Gasteiger partial charge on any atom is 0.167 e. The topological polar surface area (TPSA) is 44.5 Å². The number of benzene rings is 2. The fourth-order valence-corrected chi connectivity index (χ4v) is 3.64. The van der Waals surface area contributed by atoms with Crippen LogP contribution in [0.5, 0.6) is 11.5 Å². The fourth-order valence-electron chi connectivity index (χ4n) is 3.64. The fraction of sp³-hybridized carbons (Fsp3) is 0.414. The molecule has 4 heteroatoms. The molecule has 4 nitrogen and oxygen atoms in total. The Morgan fingerprint density at radius 1 is 0.758 bits per heavy atom. The highest BCUT2D eigenvalue weighted by Crippen LogP contribution is 2.28. The Hall–Kier alpha value is -3.01. The maximum atomic E-state index is 5.87. The summed E-state index contributed by atoms with van der Waals surface area (Å²) in [5.74, 6) is 2.51. The molecular weight excluding hydrogens is 410 g/mol. The van der Waals surface area contributed by atoms with Crippen molar-refractivity contribution in [2.75, 3.05) is 13.2 Å². The van der Waals surface area contributed by atoms with E-state index in [9.17, 15) is 0 Å². The highest BCUT2D eigenvalue weighted by atomic mass is 16.5. The zero-order valence-electron chi connectivity index (χ0n) is 19.9. The van der Waals surface area contributed by atoms with E-state index in [-0.39, 0.29) is 0 Å². The van der Waals surface area contributed by atoms with Gasteiger partial charge in [0.05, 0.1) is 13.2 Å². The van der Waals surface area contributed by atoms with Gasteiger partial charge >= 0.3 is 0 Å². The Morgan fingerprint density at radius 3 is 1.97 bits per heavy atom. The van der Waals surface area contributed by atoms with E-state index in [4.69, 9.17) is 14.0 Å². The molecule has 3 aromatic rings. The van der Waals surface area contributed by atoms with Crippen LogP contribution in [0.25, 0.3) is 22.6 Å². The predicted octanol–water partition coefficient (Wildman–Crippen LogP) is 8.48. The van der Waals surface area contributed by atoms with E-state index in [2.05, 4.69) is 18.7 Å². The van der Waals surface area contributed by atoms with Crippen molar-refractivity contribution in [1.29, 1.82) is 0 Å². The number of nitrogens with zero attached hydrogens (tertiary/aromatic N) is 1. The molecule has 0 bridgehead atoms. The number of allylic oxidation sites excluding steroid dienone is 1. The molecule has 0 aliphatic carbocycles. The van der Waals surface area contributed by atoms with Gasteiger partial charge in [-0.1, -0.05) is 50.3 Å². The van der Waals surface area contributed by atoms with E-state index in [1.54, 1.807) is 0 Å². The molecule has 0 aliphatic rings. The van der Waals surface area contributed by atoms with Crippen LogP contribution in [0.1, 0.15) is 64.7 Å². The molecule has 0 amide bonds. The van der Waals surface area contributed by atoms with Gasteiger partial charge in [0.2, 0.25) is 0 Å². The van der Waals surface area contributed by atoms with E-state index in [1.807, 2.05) is 60.7 Å². The van der Waals surface area contributed by atoms with Crippen molar-refractivity contribution in [2.24, 2.45) is 0 Å². The summed E-state index contributed by atoms with van der Waals surface area (Å²) in [4.78, 5) is 0. The lowest BCUT2D eigenvalue weighted by Crippen LogP contribution is -1.97. The van der Waals surface area contributed by atoms with E-state index in [1.165, 1.54) is 32.1 Å². The highest BCUT2D eigenvalue weighted by molar-refractivity contribution is 5.67. The lowest BCUT2D eigenvalue weighted by molar-refractivity contribution is 0.304. The molecule has 3 rings (SSSR count). The van der Waals surface area contributed by atoms with Gasteiger partial charge < -0.3 is 14.0 Å². The van der Waals surface area contributed by atoms with Gasteiger partial charge in [0.15, 0.2) is 5.76 Å². The van der Waals surface area contributed by atoms with Crippen molar-refractivity contribution in [3.63, 3.8) is 0 Å². The van der Waals surface area contributed by atoms with Crippen molar-refractivity contribution in [1.82, 2.24) is 5.16 Å². The van der Waals surface area contributed by atoms with Crippen molar-refractivity contribution < 1.29 is 14.0 Å². The number of rotatable bonds is 16. The molecule has 176 valence electrons. The third-order valence-corrected chi connectivity index (χ3v) is 5.64. The lowest BCUT2D eigenvalue weighted by atomic mass is 10.1. The van der Waals surface area contributed by atoms with Gasteiger partial charge in [-0.25, -0.2) is 0 Å². The number of ether oxygens (including phenoxy) is 2. The van der Waals surface area contributed by atoms with E-state index < -0.39 is 0 Å². The van der Waals surface area contributed by atoms with Crippen LogP contribution in [-0.4, -0.2) is 18.4 Å². The Kier molecular flexibility index (Phi) is 10.6. The van der Waals surface area contributed by atoms with Gasteiger partial charge in [-0.2, -0.15) is 0 Å². The molecule has 0 unspecified atom stereocenters. The molecule has 0 atom stereocenters. The molecule has 1 heterocycles. The standard InChI is InChI=1S/C29H37NO3/c1-3-5-7-9-10-12-22-32-27-19-15-25(16-20-27)29-23-28(30-33-29)24-13-17-26(18-14-24)31-21-11-8-6-4-2/h4,13-20,23H,2-3,5-12,21-22H2,1H3. The minimum absolute atomic E-state index is 0.722. The van der Waals surface area contributed by atoms with Gasteiger partial charge in [0.1, 0.15) is 17.2 Å². The Bertz CT molecular complexity index is 928. The smallest absolute Gasteiger partial charge is 0.167 e. The van der Waals surface area contributed by atoms with Gasteiger partial charge in [0.25, 0.3) is 0 Å². The van der Waals surface area contributed by atoms with Crippen LogP contribution in [-0.2, 0) is 0 Å². The zero-order chi connectivity index (χ0) is 23.1. The minimum Gasteiger partial charge on any atom is -0.494 e. The minimum atomic E-state index is 0.722. The van der Waals surface area contributed by atoms with Crippen LogP contribution in [0.2, 0.25) is 0 Å². The van der Waals surface area contributed by atoms with Crippen molar-refractivity contribution in [3.05, 3.63) is 67.3 Å². The molecule has 0 radical (unpaired) electrons. The first kappa shape index (κ1) is 24.6. The summed E-state index contributed by atoms with van der Waals surface area (Å²) in [7, 11) is 0. The summed E-state index contributed by atoms with van der Waals surface area (Å²) in [5.41, 5.74) is 2.80. The van der Waals surface area contributed by atoms with Crippen LogP contribution in [0, 0.1) is 0 Å². The SMILES string of the molecule is C=CCCCCOc1ccc(-c2cc(-c3ccc(OCCCCCCCC)cc3)on2)cc1. The molecule has 2 aromatic carbocycles. The van der Waals surface area contributed by atoms with Gasteiger partial charge in [-0.15, -0.1) is 6.58 Å². The molecule has 33 heavy (non-hydrogen) atoms. The molecule has 0 fully saturated rings. The summed E-state index contributed by atoms with van der Waals surface area (Å²) in [6.45, 7) is 7.48. The van der Waals surface area contributed by atoms with E-state index >= 15 is 0 Å². The van der Waals surface area contributed by atoms with Crippen LogP contribution in [0.15, 0.2) is 71.8 Å². The molecule has 0 N–H and O–H groups in total. The molecule has 0 saturated heterocycles. The van der Waals surface area contributed by atoms with E-state index in [0.717, 1.165) is 73.0 Å². The quantitative estimate of drug-likeness (QED) is 0.163. The second-order valence-corrected chi connectivity index (χ2v) is 8.37. The average molecular weight is 448 g/mol. The van der Waals surface area contributed by atoms with Gasteiger partial charge in [-0.05, 0) is 74.2 Å². The van der Waals surface area contributed by atoms with E-state index in [0.29, 0.717) is 0 Å². The number of hydrogen-bond donors (Lipinski definition) is 0. The first-order valence-electron chi connectivity index (χ1n) is 12.3. The Labute approximate surface area is 198 Å².